The molecule has 3 aromatic rings. The molecule has 41 heavy (non-hydrogen) atoms. The van der Waals surface area contributed by atoms with Crippen LogP contribution in [0.3, 0.4) is 0 Å². The van der Waals surface area contributed by atoms with E-state index in [1.54, 1.807) is 12.0 Å². The Bertz CT molecular complexity index is 1240. The molecule has 0 saturated heterocycles. The molecule has 1 unspecified atom stereocenters. The fourth-order valence-corrected chi connectivity index (χ4v) is 4.59. The van der Waals surface area contributed by atoms with E-state index in [2.05, 4.69) is 19.2 Å². The number of ether oxygens (including phenoxy) is 3. The van der Waals surface area contributed by atoms with Crippen LogP contribution in [0, 0.1) is 5.92 Å². The van der Waals surface area contributed by atoms with Crippen molar-refractivity contribution in [2.45, 2.75) is 59.5 Å². The van der Waals surface area contributed by atoms with Crippen LogP contribution in [-0.4, -0.2) is 49.6 Å². The minimum absolute atomic E-state index is 0.0970. The van der Waals surface area contributed by atoms with Crippen LogP contribution in [0.2, 0.25) is 0 Å². The Morgan fingerprint density at radius 3 is 2.22 bits per heavy atom. The molecule has 3 rings (SSSR count). The predicted molar refractivity (Wildman–Crippen MR) is 162 cm³/mol. The van der Waals surface area contributed by atoms with Crippen LogP contribution in [-0.2, 0) is 29.0 Å². The lowest BCUT2D eigenvalue weighted by atomic mass is 10.0. The Labute approximate surface area is 244 Å². The lowest BCUT2D eigenvalue weighted by Gasteiger charge is -2.32. The van der Waals surface area contributed by atoms with Crippen molar-refractivity contribution in [2.75, 3.05) is 26.9 Å². The van der Waals surface area contributed by atoms with Gasteiger partial charge in [0.15, 0.2) is 11.5 Å². The molecule has 220 valence electrons. The van der Waals surface area contributed by atoms with E-state index >= 15 is 0 Å². The number of rotatable bonds is 16. The molecule has 0 aliphatic heterocycles. The first kappa shape index (κ1) is 31.5. The summed E-state index contributed by atoms with van der Waals surface area (Å²) in [4.78, 5) is 29.3. The SMILES string of the molecule is CCOc1ccc(CCC(=O)N(Cc2cccc(OC)c2)C(Cc2ccccc2)C(=O)NCC(C)C)cc1OCC. The first-order valence-electron chi connectivity index (χ1n) is 14.5. The summed E-state index contributed by atoms with van der Waals surface area (Å²) < 4.78 is 16.9. The van der Waals surface area contributed by atoms with Crippen molar-refractivity contribution < 1.29 is 23.8 Å². The fraction of sp³-hybridized carbons (Fsp3) is 0.412. The average molecular weight is 561 g/mol. The number of nitrogens with one attached hydrogen (secondary N) is 1. The Balaban J connectivity index is 1.91. The van der Waals surface area contributed by atoms with Gasteiger partial charge in [0.05, 0.1) is 20.3 Å². The van der Waals surface area contributed by atoms with Crippen molar-refractivity contribution in [3.05, 3.63) is 89.5 Å². The van der Waals surface area contributed by atoms with Crippen LogP contribution in [0.1, 0.15) is 50.8 Å². The topological polar surface area (TPSA) is 77.1 Å². The number of hydrogen-bond acceptors (Lipinski definition) is 5. The molecule has 0 aliphatic carbocycles. The Hall–Kier alpha value is -4.00. The molecular formula is C34H44N2O5. The summed E-state index contributed by atoms with van der Waals surface area (Å²) in [5, 5.41) is 3.07. The van der Waals surface area contributed by atoms with E-state index in [1.165, 1.54) is 0 Å². The molecule has 7 nitrogen and oxygen atoms in total. The molecule has 3 aromatic carbocycles. The number of carbonyl (C=O) groups excluding carboxylic acids is 2. The standard InChI is InChI=1S/C34H44N2O5/c1-6-40-31-18-16-27(22-32(31)41-7-2)17-19-33(37)36(24-28-14-11-15-29(20-28)39-5)30(34(38)35-23-25(3)4)21-26-12-9-8-10-13-26/h8-16,18,20,22,25,30H,6-7,17,19,21,23-24H2,1-5H3,(H,35,38). The molecule has 1 N–H and O–H groups in total. The number of amides is 2. The van der Waals surface area contributed by atoms with Gasteiger partial charge in [-0.15, -0.1) is 0 Å². The van der Waals surface area contributed by atoms with E-state index in [4.69, 9.17) is 14.2 Å². The quantitative estimate of drug-likeness (QED) is 0.238. The molecule has 0 aliphatic rings. The number of methoxy groups -OCH3 is 1. The zero-order valence-electron chi connectivity index (χ0n) is 25.0. The van der Waals surface area contributed by atoms with E-state index in [1.807, 2.05) is 86.6 Å². The maximum Gasteiger partial charge on any atom is 0.243 e. The van der Waals surface area contributed by atoms with Crippen LogP contribution in [0.5, 0.6) is 17.2 Å². The number of carbonyl (C=O) groups is 2. The van der Waals surface area contributed by atoms with Crippen LogP contribution in [0.4, 0.5) is 0 Å². The monoisotopic (exact) mass is 560 g/mol. The first-order valence-corrected chi connectivity index (χ1v) is 14.5. The van der Waals surface area contributed by atoms with Crippen molar-refractivity contribution in [3.63, 3.8) is 0 Å². The highest BCUT2D eigenvalue weighted by atomic mass is 16.5. The van der Waals surface area contributed by atoms with E-state index < -0.39 is 6.04 Å². The third kappa shape index (κ3) is 9.85. The number of aryl methyl sites for hydroxylation is 1. The smallest absolute Gasteiger partial charge is 0.243 e. The lowest BCUT2D eigenvalue weighted by molar-refractivity contribution is -0.141. The number of nitrogens with zero attached hydrogens (tertiary/aromatic N) is 1. The molecule has 0 aromatic heterocycles. The van der Waals surface area contributed by atoms with Gasteiger partial charge in [-0.25, -0.2) is 0 Å². The van der Waals surface area contributed by atoms with Gasteiger partial charge >= 0.3 is 0 Å². The second-order valence-electron chi connectivity index (χ2n) is 10.4. The van der Waals surface area contributed by atoms with Gasteiger partial charge in [0, 0.05) is 25.9 Å². The van der Waals surface area contributed by atoms with Crippen LogP contribution >= 0.6 is 0 Å². The zero-order valence-corrected chi connectivity index (χ0v) is 25.0. The summed E-state index contributed by atoms with van der Waals surface area (Å²) >= 11 is 0. The van der Waals surface area contributed by atoms with E-state index in [-0.39, 0.29) is 30.7 Å². The summed E-state index contributed by atoms with van der Waals surface area (Å²) in [7, 11) is 1.62. The van der Waals surface area contributed by atoms with E-state index in [0.29, 0.717) is 49.8 Å². The van der Waals surface area contributed by atoms with Crippen LogP contribution < -0.4 is 19.5 Å². The molecule has 7 heteroatoms. The third-order valence-electron chi connectivity index (χ3n) is 6.68. The van der Waals surface area contributed by atoms with Crippen LogP contribution in [0.15, 0.2) is 72.8 Å². The van der Waals surface area contributed by atoms with Crippen molar-refractivity contribution >= 4 is 11.8 Å². The molecule has 0 radical (unpaired) electrons. The highest BCUT2D eigenvalue weighted by Crippen LogP contribution is 2.29. The van der Waals surface area contributed by atoms with Gasteiger partial charge in [-0.2, -0.15) is 0 Å². The molecule has 2 amide bonds. The second kappa shape index (κ2) is 16.3. The molecule has 1 atom stereocenters. The van der Waals surface area contributed by atoms with Crippen molar-refractivity contribution in [2.24, 2.45) is 5.92 Å². The highest BCUT2D eigenvalue weighted by Gasteiger charge is 2.30. The first-order chi connectivity index (χ1) is 19.8. The van der Waals surface area contributed by atoms with Gasteiger partial charge in [-0.1, -0.05) is 62.4 Å². The Morgan fingerprint density at radius 1 is 0.829 bits per heavy atom. The normalized spacial score (nSPS) is 11.6. The van der Waals surface area contributed by atoms with Crippen molar-refractivity contribution in [3.8, 4) is 17.2 Å². The lowest BCUT2D eigenvalue weighted by Crippen LogP contribution is -2.51. The van der Waals surface area contributed by atoms with Crippen molar-refractivity contribution in [1.82, 2.24) is 10.2 Å². The Kier molecular flexibility index (Phi) is 12.5. The van der Waals surface area contributed by atoms with Crippen LogP contribution in [0.25, 0.3) is 0 Å². The molecule has 0 bridgehead atoms. The third-order valence-corrected chi connectivity index (χ3v) is 6.68. The van der Waals surface area contributed by atoms with Gasteiger partial charge in [0.1, 0.15) is 11.8 Å². The number of hydrogen-bond donors (Lipinski definition) is 1. The van der Waals surface area contributed by atoms with Gasteiger partial charge in [0.2, 0.25) is 11.8 Å². The Morgan fingerprint density at radius 2 is 1.54 bits per heavy atom. The molecule has 0 fully saturated rings. The van der Waals surface area contributed by atoms with E-state index in [0.717, 1.165) is 16.7 Å². The zero-order chi connectivity index (χ0) is 29.6. The summed E-state index contributed by atoms with van der Waals surface area (Å²) in [6.07, 6.45) is 1.16. The van der Waals surface area contributed by atoms with Gasteiger partial charge < -0.3 is 24.4 Å². The molecule has 0 heterocycles. The molecular weight excluding hydrogens is 516 g/mol. The van der Waals surface area contributed by atoms with Gasteiger partial charge in [0.25, 0.3) is 0 Å². The maximum atomic E-state index is 14.0. The fourth-order valence-electron chi connectivity index (χ4n) is 4.59. The average Bonchev–Trinajstić information content (AvgIpc) is 2.98. The molecule has 0 spiro atoms. The maximum absolute atomic E-state index is 14.0. The van der Waals surface area contributed by atoms with E-state index in [9.17, 15) is 9.59 Å². The summed E-state index contributed by atoms with van der Waals surface area (Å²) in [6, 6.07) is 22.6. The molecule has 0 saturated carbocycles. The summed E-state index contributed by atoms with van der Waals surface area (Å²) in [5.74, 6) is 2.10. The van der Waals surface area contributed by atoms with Gasteiger partial charge in [-0.3, -0.25) is 9.59 Å². The summed E-state index contributed by atoms with van der Waals surface area (Å²) in [5.41, 5.74) is 2.86. The largest absolute Gasteiger partial charge is 0.497 e. The minimum atomic E-state index is -0.672. The predicted octanol–water partition coefficient (Wildman–Crippen LogP) is 5.84. The van der Waals surface area contributed by atoms with Gasteiger partial charge in [-0.05, 0) is 67.1 Å². The highest BCUT2D eigenvalue weighted by molar-refractivity contribution is 5.88. The number of benzene rings is 3. The second-order valence-corrected chi connectivity index (χ2v) is 10.4. The van der Waals surface area contributed by atoms with Crippen molar-refractivity contribution in [1.29, 1.82) is 0 Å². The summed E-state index contributed by atoms with van der Waals surface area (Å²) in [6.45, 7) is 9.86. The minimum Gasteiger partial charge on any atom is -0.497 e.